The second-order valence-electron chi connectivity index (χ2n) is 7.42. The molecule has 0 aromatic heterocycles. The Balaban J connectivity index is 1.52. The van der Waals surface area contributed by atoms with E-state index in [4.69, 9.17) is 4.99 Å². The SMILES string of the molecule is Fc1ccccc1C1=CC2=NC1=CC1=NC(=CC3=NC(=CC4=NC(=C2)C=C4)C=C3)C=C1. The lowest BCUT2D eigenvalue weighted by molar-refractivity contribution is 0.624. The first-order valence-electron chi connectivity index (χ1n) is 9.92. The van der Waals surface area contributed by atoms with Crippen molar-refractivity contribution in [2.24, 2.45) is 20.0 Å². The standard InChI is InChI=1S/C26H15FN4/c27-25-4-2-1-3-23(25)24-14-22-13-20-8-7-18(29-20)11-16-5-6-17(28-16)12-19-9-10-21(30-19)15-26(24)31-22/h1-15H. The van der Waals surface area contributed by atoms with Gasteiger partial charge in [-0.1, -0.05) is 18.2 Å². The molecule has 1 aromatic carbocycles. The molecule has 0 fully saturated rings. The Morgan fingerprint density at radius 1 is 0.516 bits per heavy atom. The Bertz CT molecular complexity index is 1410. The quantitative estimate of drug-likeness (QED) is 0.617. The van der Waals surface area contributed by atoms with Gasteiger partial charge in [-0.3, -0.25) is 0 Å². The van der Waals surface area contributed by atoms with Crippen LogP contribution in [0, 0.1) is 5.82 Å². The van der Waals surface area contributed by atoms with Gasteiger partial charge in [-0.25, -0.2) is 24.4 Å². The molecule has 146 valence electrons. The van der Waals surface area contributed by atoms with Crippen molar-refractivity contribution >= 4 is 28.4 Å². The Morgan fingerprint density at radius 2 is 1.06 bits per heavy atom. The van der Waals surface area contributed by atoms with Crippen LogP contribution in [0.5, 0.6) is 0 Å². The van der Waals surface area contributed by atoms with Gasteiger partial charge >= 0.3 is 0 Å². The minimum absolute atomic E-state index is 0.285. The minimum atomic E-state index is -0.285. The average molecular weight is 402 g/mol. The number of hydrogen-bond donors (Lipinski definition) is 0. The molecule has 5 aliphatic heterocycles. The first kappa shape index (κ1) is 17.6. The van der Waals surface area contributed by atoms with Gasteiger partial charge in [-0.2, -0.15) is 0 Å². The maximum atomic E-state index is 14.6. The number of nitrogens with zero attached hydrogens (tertiary/aromatic N) is 4. The van der Waals surface area contributed by atoms with Crippen LogP contribution in [0.4, 0.5) is 4.39 Å². The number of aliphatic imine (C=N–C) groups is 4. The Morgan fingerprint density at radius 3 is 1.68 bits per heavy atom. The summed E-state index contributed by atoms with van der Waals surface area (Å²) in [5.41, 5.74) is 7.47. The van der Waals surface area contributed by atoms with Crippen molar-refractivity contribution in [1.82, 2.24) is 0 Å². The van der Waals surface area contributed by atoms with Gasteiger partial charge in [0, 0.05) is 11.1 Å². The maximum Gasteiger partial charge on any atom is 0.131 e. The van der Waals surface area contributed by atoms with Gasteiger partial charge in [0.1, 0.15) is 5.82 Å². The molecule has 5 aliphatic rings. The molecule has 4 nitrogen and oxygen atoms in total. The summed E-state index contributed by atoms with van der Waals surface area (Å²) in [6, 6.07) is 6.73. The first-order valence-corrected chi connectivity index (χ1v) is 9.92. The van der Waals surface area contributed by atoms with Crippen molar-refractivity contribution < 1.29 is 4.39 Å². The van der Waals surface area contributed by atoms with Crippen LogP contribution < -0.4 is 0 Å². The van der Waals surface area contributed by atoms with Gasteiger partial charge in [0.05, 0.1) is 45.6 Å². The third kappa shape index (κ3) is 3.36. The van der Waals surface area contributed by atoms with Crippen molar-refractivity contribution in [2.45, 2.75) is 0 Å². The Hall–Kier alpha value is -4.25. The fourth-order valence-corrected chi connectivity index (χ4v) is 3.79. The molecule has 0 unspecified atom stereocenters. The number of halogens is 1. The molecule has 0 aliphatic carbocycles. The molecule has 5 heteroatoms. The Labute approximate surface area is 178 Å². The van der Waals surface area contributed by atoms with Crippen LogP contribution in [-0.4, -0.2) is 22.8 Å². The van der Waals surface area contributed by atoms with Crippen LogP contribution in [0.15, 0.2) is 134 Å². The van der Waals surface area contributed by atoms with Crippen LogP contribution in [0.3, 0.4) is 0 Å². The average Bonchev–Trinajstić information content (AvgIpc) is 3.53. The van der Waals surface area contributed by atoms with Crippen LogP contribution in [-0.2, 0) is 0 Å². The highest BCUT2D eigenvalue weighted by molar-refractivity contribution is 6.19. The fraction of sp³-hybridized carbons (Fsp3) is 0. The number of fused-ring (bicyclic) bond motifs is 4. The van der Waals surface area contributed by atoms with Crippen LogP contribution in [0.25, 0.3) is 5.57 Å². The molecule has 0 spiro atoms. The van der Waals surface area contributed by atoms with Gasteiger partial charge in [-0.05, 0) is 72.9 Å². The molecule has 5 heterocycles. The number of hydrogen-bond acceptors (Lipinski definition) is 4. The van der Waals surface area contributed by atoms with Crippen molar-refractivity contribution in [1.29, 1.82) is 0 Å². The zero-order valence-corrected chi connectivity index (χ0v) is 16.3. The van der Waals surface area contributed by atoms with Crippen LogP contribution in [0.1, 0.15) is 5.56 Å². The number of rotatable bonds is 1. The summed E-state index contributed by atoms with van der Waals surface area (Å²) >= 11 is 0. The van der Waals surface area contributed by atoms with Crippen molar-refractivity contribution in [3.8, 4) is 0 Å². The minimum Gasteiger partial charge on any atom is -0.249 e. The summed E-state index contributed by atoms with van der Waals surface area (Å²) in [6.45, 7) is 0. The van der Waals surface area contributed by atoms with Gasteiger partial charge < -0.3 is 0 Å². The van der Waals surface area contributed by atoms with Gasteiger partial charge in [0.2, 0.25) is 0 Å². The second-order valence-corrected chi connectivity index (χ2v) is 7.42. The van der Waals surface area contributed by atoms with Gasteiger partial charge in [-0.15, -0.1) is 0 Å². The second kappa shape index (κ2) is 6.92. The molecule has 0 saturated carbocycles. The van der Waals surface area contributed by atoms with Gasteiger partial charge in [0.25, 0.3) is 0 Å². The molecule has 0 N–H and O–H groups in total. The van der Waals surface area contributed by atoms with Crippen molar-refractivity contribution in [2.75, 3.05) is 0 Å². The van der Waals surface area contributed by atoms with Crippen molar-refractivity contribution in [3.05, 3.63) is 125 Å². The third-order valence-corrected chi connectivity index (χ3v) is 5.20. The highest BCUT2D eigenvalue weighted by Gasteiger charge is 2.20. The molecule has 1 aromatic rings. The van der Waals surface area contributed by atoms with E-state index in [1.807, 2.05) is 72.9 Å². The molecule has 0 amide bonds. The van der Waals surface area contributed by atoms with Crippen LogP contribution >= 0.6 is 0 Å². The van der Waals surface area contributed by atoms with E-state index in [-0.39, 0.29) is 5.82 Å². The molecule has 0 atom stereocenters. The van der Waals surface area contributed by atoms with Crippen LogP contribution in [0.2, 0.25) is 0 Å². The summed E-state index contributed by atoms with van der Waals surface area (Å²) < 4.78 is 14.6. The lowest BCUT2D eigenvalue weighted by Crippen LogP contribution is -1.93. The van der Waals surface area contributed by atoms with E-state index in [0.29, 0.717) is 17.0 Å². The lowest BCUT2D eigenvalue weighted by Gasteiger charge is -2.05. The van der Waals surface area contributed by atoms with E-state index < -0.39 is 0 Å². The van der Waals surface area contributed by atoms with Crippen molar-refractivity contribution in [3.63, 3.8) is 0 Å². The van der Waals surface area contributed by atoms with E-state index in [1.165, 1.54) is 6.07 Å². The maximum absolute atomic E-state index is 14.6. The first-order chi connectivity index (χ1) is 15.2. The van der Waals surface area contributed by atoms with Gasteiger partial charge in [0.15, 0.2) is 0 Å². The summed E-state index contributed by atoms with van der Waals surface area (Å²) in [5.74, 6) is -0.285. The summed E-state index contributed by atoms with van der Waals surface area (Å²) in [4.78, 5) is 18.7. The largest absolute Gasteiger partial charge is 0.249 e. The van der Waals surface area contributed by atoms with E-state index in [1.54, 1.807) is 12.1 Å². The molecule has 6 rings (SSSR count). The normalized spacial score (nSPS) is 20.5. The molecule has 31 heavy (non-hydrogen) atoms. The molecule has 0 radical (unpaired) electrons. The smallest absolute Gasteiger partial charge is 0.131 e. The summed E-state index contributed by atoms with van der Waals surface area (Å²) in [5, 5.41) is 0. The van der Waals surface area contributed by atoms with E-state index in [9.17, 15) is 4.39 Å². The highest BCUT2D eigenvalue weighted by Crippen LogP contribution is 2.32. The topological polar surface area (TPSA) is 49.4 Å². The van der Waals surface area contributed by atoms with E-state index >= 15 is 0 Å². The zero-order valence-electron chi connectivity index (χ0n) is 16.3. The lowest BCUT2D eigenvalue weighted by atomic mass is 10.0. The summed E-state index contributed by atoms with van der Waals surface area (Å²) in [7, 11) is 0. The zero-order chi connectivity index (χ0) is 20.8. The predicted molar refractivity (Wildman–Crippen MR) is 124 cm³/mol. The van der Waals surface area contributed by atoms with E-state index in [2.05, 4.69) is 15.0 Å². The summed E-state index contributed by atoms with van der Waals surface area (Å²) in [6.07, 6.45) is 21.2. The monoisotopic (exact) mass is 402 g/mol. The Kier molecular flexibility index (Phi) is 3.93. The number of allylic oxidation sites excluding steroid dienone is 12. The molecule has 8 bridgehead atoms. The predicted octanol–water partition coefficient (Wildman–Crippen LogP) is 5.25. The molecular formula is C26H15FN4. The molecule has 0 saturated heterocycles. The third-order valence-electron chi connectivity index (χ3n) is 5.20. The highest BCUT2D eigenvalue weighted by atomic mass is 19.1. The van der Waals surface area contributed by atoms with E-state index in [0.717, 1.165) is 39.8 Å². The fourth-order valence-electron chi connectivity index (χ4n) is 3.79. The number of benzene rings is 1. The molecular weight excluding hydrogens is 387 g/mol.